The Morgan fingerprint density at radius 2 is 2.23 bits per heavy atom. The first-order valence-corrected chi connectivity index (χ1v) is 4.08. The molecule has 66 valence electrons. The molecular formula is C10H10N2O. The first-order chi connectivity index (χ1) is 6.40. The molecule has 0 saturated carbocycles. The lowest BCUT2D eigenvalue weighted by Gasteiger charge is -1.98. The molecule has 0 spiro atoms. The standard InChI is InChI=1S/C10H10N2O/c11-6-10-5-8(1-3-12-10)9-2-4-13-7-9/h1-5,7H,6,11H2. The third kappa shape index (κ3) is 1.60. The SMILES string of the molecule is NCc1cc(-c2ccoc2)ccn1. The number of hydrogen-bond donors (Lipinski definition) is 1. The van der Waals surface area contributed by atoms with E-state index in [9.17, 15) is 0 Å². The van der Waals surface area contributed by atoms with Crippen LogP contribution in [-0.2, 0) is 6.54 Å². The van der Waals surface area contributed by atoms with Crippen LogP contribution < -0.4 is 5.73 Å². The number of rotatable bonds is 2. The monoisotopic (exact) mass is 174 g/mol. The molecule has 0 atom stereocenters. The number of nitrogens with zero attached hydrogens (tertiary/aromatic N) is 1. The van der Waals surface area contributed by atoms with E-state index in [2.05, 4.69) is 4.98 Å². The molecule has 3 nitrogen and oxygen atoms in total. The number of pyridine rings is 1. The van der Waals surface area contributed by atoms with Gasteiger partial charge in [-0.15, -0.1) is 0 Å². The highest BCUT2D eigenvalue weighted by atomic mass is 16.3. The number of nitrogens with two attached hydrogens (primary N) is 1. The lowest BCUT2D eigenvalue weighted by atomic mass is 10.1. The molecule has 0 aliphatic rings. The Hall–Kier alpha value is -1.61. The molecule has 0 bridgehead atoms. The Kier molecular flexibility index (Phi) is 2.10. The van der Waals surface area contributed by atoms with Crippen molar-refractivity contribution in [1.29, 1.82) is 0 Å². The zero-order valence-electron chi connectivity index (χ0n) is 7.10. The van der Waals surface area contributed by atoms with Crippen LogP contribution in [0.4, 0.5) is 0 Å². The van der Waals surface area contributed by atoms with Gasteiger partial charge in [-0.25, -0.2) is 0 Å². The van der Waals surface area contributed by atoms with E-state index < -0.39 is 0 Å². The average molecular weight is 174 g/mol. The fourth-order valence-electron chi connectivity index (χ4n) is 1.20. The predicted molar refractivity (Wildman–Crippen MR) is 49.8 cm³/mol. The van der Waals surface area contributed by atoms with E-state index in [4.69, 9.17) is 10.2 Å². The molecule has 3 heteroatoms. The van der Waals surface area contributed by atoms with Gasteiger partial charge in [0, 0.05) is 18.3 Å². The molecule has 13 heavy (non-hydrogen) atoms. The van der Waals surface area contributed by atoms with E-state index in [0.717, 1.165) is 16.8 Å². The van der Waals surface area contributed by atoms with Gasteiger partial charge in [0.15, 0.2) is 0 Å². The zero-order chi connectivity index (χ0) is 9.10. The predicted octanol–water partition coefficient (Wildman–Crippen LogP) is 1.80. The molecule has 0 radical (unpaired) electrons. The van der Waals surface area contributed by atoms with Crippen LogP contribution in [0.1, 0.15) is 5.69 Å². The lowest BCUT2D eigenvalue weighted by Crippen LogP contribution is -1.98. The van der Waals surface area contributed by atoms with Gasteiger partial charge in [0.1, 0.15) is 0 Å². The molecule has 0 fully saturated rings. The van der Waals surface area contributed by atoms with E-state index in [1.54, 1.807) is 18.7 Å². The Morgan fingerprint density at radius 3 is 2.92 bits per heavy atom. The maximum Gasteiger partial charge on any atom is 0.0980 e. The summed E-state index contributed by atoms with van der Waals surface area (Å²) in [5.74, 6) is 0. The van der Waals surface area contributed by atoms with Gasteiger partial charge in [0.05, 0.1) is 18.2 Å². The summed E-state index contributed by atoms with van der Waals surface area (Å²) in [5, 5.41) is 0. The quantitative estimate of drug-likeness (QED) is 0.755. The molecule has 0 aliphatic carbocycles. The summed E-state index contributed by atoms with van der Waals surface area (Å²) in [7, 11) is 0. The van der Waals surface area contributed by atoms with Crippen LogP contribution in [-0.4, -0.2) is 4.98 Å². The molecule has 0 amide bonds. The lowest BCUT2D eigenvalue weighted by molar-refractivity contribution is 0.568. The fraction of sp³-hybridized carbons (Fsp3) is 0.100. The van der Waals surface area contributed by atoms with Crippen LogP contribution in [0.5, 0.6) is 0 Å². The van der Waals surface area contributed by atoms with E-state index in [1.165, 1.54) is 0 Å². The molecule has 0 aromatic carbocycles. The van der Waals surface area contributed by atoms with Crippen LogP contribution in [0.25, 0.3) is 11.1 Å². The minimum Gasteiger partial charge on any atom is -0.472 e. The molecule has 2 aromatic heterocycles. The minimum absolute atomic E-state index is 0.464. The summed E-state index contributed by atoms with van der Waals surface area (Å²) in [6.45, 7) is 0.464. The number of hydrogen-bond acceptors (Lipinski definition) is 3. The molecule has 2 heterocycles. The first-order valence-electron chi connectivity index (χ1n) is 4.08. The maximum atomic E-state index is 5.49. The summed E-state index contributed by atoms with van der Waals surface area (Å²) in [4.78, 5) is 4.11. The van der Waals surface area contributed by atoms with Gasteiger partial charge in [-0.1, -0.05) is 0 Å². The van der Waals surface area contributed by atoms with Gasteiger partial charge < -0.3 is 10.2 Å². The topological polar surface area (TPSA) is 52.0 Å². The van der Waals surface area contributed by atoms with Crippen molar-refractivity contribution in [2.24, 2.45) is 5.73 Å². The van der Waals surface area contributed by atoms with Crippen molar-refractivity contribution < 1.29 is 4.42 Å². The van der Waals surface area contributed by atoms with Crippen LogP contribution in [0.3, 0.4) is 0 Å². The summed E-state index contributed by atoms with van der Waals surface area (Å²) < 4.78 is 4.99. The van der Waals surface area contributed by atoms with Crippen molar-refractivity contribution in [2.75, 3.05) is 0 Å². The second-order valence-corrected chi connectivity index (χ2v) is 2.75. The first kappa shape index (κ1) is 8.01. The van der Waals surface area contributed by atoms with Crippen molar-refractivity contribution in [3.8, 4) is 11.1 Å². The van der Waals surface area contributed by atoms with E-state index in [1.807, 2.05) is 18.2 Å². The molecule has 0 aliphatic heterocycles. The maximum absolute atomic E-state index is 5.49. The second-order valence-electron chi connectivity index (χ2n) is 2.75. The van der Waals surface area contributed by atoms with Crippen LogP contribution in [0.15, 0.2) is 41.3 Å². The molecule has 0 unspecified atom stereocenters. The number of aromatic nitrogens is 1. The second kappa shape index (κ2) is 3.41. The molecule has 0 saturated heterocycles. The Labute approximate surface area is 76.2 Å². The van der Waals surface area contributed by atoms with Crippen molar-refractivity contribution in [3.05, 3.63) is 42.6 Å². The highest BCUT2D eigenvalue weighted by Gasteiger charge is 1.99. The molecular weight excluding hydrogens is 164 g/mol. The highest BCUT2D eigenvalue weighted by molar-refractivity contribution is 5.61. The van der Waals surface area contributed by atoms with E-state index >= 15 is 0 Å². The van der Waals surface area contributed by atoms with Gasteiger partial charge in [-0.3, -0.25) is 4.98 Å². The van der Waals surface area contributed by atoms with Gasteiger partial charge in [0.25, 0.3) is 0 Å². The van der Waals surface area contributed by atoms with Crippen molar-refractivity contribution in [2.45, 2.75) is 6.54 Å². The van der Waals surface area contributed by atoms with Gasteiger partial charge in [-0.2, -0.15) is 0 Å². The Morgan fingerprint density at radius 1 is 1.31 bits per heavy atom. The molecule has 2 N–H and O–H groups in total. The van der Waals surface area contributed by atoms with Gasteiger partial charge >= 0.3 is 0 Å². The largest absolute Gasteiger partial charge is 0.472 e. The highest BCUT2D eigenvalue weighted by Crippen LogP contribution is 2.19. The summed E-state index contributed by atoms with van der Waals surface area (Å²) >= 11 is 0. The van der Waals surface area contributed by atoms with Gasteiger partial charge in [-0.05, 0) is 23.8 Å². The number of furan rings is 1. The summed E-state index contributed by atoms with van der Waals surface area (Å²) in [6.07, 6.45) is 5.11. The Balaban J connectivity index is 2.41. The summed E-state index contributed by atoms with van der Waals surface area (Å²) in [6, 6.07) is 5.81. The van der Waals surface area contributed by atoms with Crippen molar-refractivity contribution >= 4 is 0 Å². The van der Waals surface area contributed by atoms with Crippen molar-refractivity contribution in [3.63, 3.8) is 0 Å². The smallest absolute Gasteiger partial charge is 0.0980 e. The fourth-order valence-corrected chi connectivity index (χ4v) is 1.20. The van der Waals surface area contributed by atoms with Crippen LogP contribution in [0, 0.1) is 0 Å². The van der Waals surface area contributed by atoms with Crippen LogP contribution in [0.2, 0.25) is 0 Å². The summed E-state index contributed by atoms with van der Waals surface area (Å²) in [5.41, 5.74) is 8.51. The van der Waals surface area contributed by atoms with Crippen molar-refractivity contribution in [1.82, 2.24) is 4.98 Å². The van der Waals surface area contributed by atoms with E-state index in [-0.39, 0.29) is 0 Å². The van der Waals surface area contributed by atoms with Gasteiger partial charge in [0.2, 0.25) is 0 Å². The zero-order valence-corrected chi connectivity index (χ0v) is 7.10. The average Bonchev–Trinajstić information content (AvgIpc) is 2.71. The third-order valence-electron chi connectivity index (χ3n) is 1.88. The molecule has 2 rings (SSSR count). The minimum atomic E-state index is 0.464. The normalized spacial score (nSPS) is 10.2. The van der Waals surface area contributed by atoms with Crippen LogP contribution >= 0.6 is 0 Å². The third-order valence-corrected chi connectivity index (χ3v) is 1.88. The van der Waals surface area contributed by atoms with E-state index in [0.29, 0.717) is 6.54 Å². The molecule has 2 aromatic rings. The Bertz CT molecular complexity index is 382.